The van der Waals surface area contributed by atoms with Crippen molar-refractivity contribution in [2.24, 2.45) is 0 Å². The number of carbonyl (C=O) groups is 1. The van der Waals surface area contributed by atoms with E-state index in [0.717, 1.165) is 30.7 Å². The van der Waals surface area contributed by atoms with Gasteiger partial charge in [0, 0.05) is 49.5 Å². The molecular formula is C37H38F2N8O3S. The summed E-state index contributed by atoms with van der Waals surface area (Å²) in [5.41, 5.74) is 7.49. The van der Waals surface area contributed by atoms with Gasteiger partial charge in [-0.15, -0.1) is 11.3 Å². The summed E-state index contributed by atoms with van der Waals surface area (Å²) in [5, 5.41) is 21.6. The van der Waals surface area contributed by atoms with Crippen molar-refractivity contribution >= 4 is 49.1 Å². The highest BCUT2D eigenvalue weighted by molar-refractivity contribution is 7.23. The van der Waals surface area contributed by atoms with Gasteiger partial charge in [0.25, 0.3) is 0 Å². The lowest BCUT2D eigenvalue weighted by Gasteiger charge is -2.36. The van der Waals surface area contributed by atoms with Crippen LogP contribution in [0.15, 0.2) is 36.9 Å². The predicted octanol–water partition coefficient (Wildman–Crippen LogP) is 5.56. The summed E-state index contributed by atoms with van der Waals surface area (Å²) in [7, 11) is 1.59. The Bertz CT molecular complexity index is 2130. The maximum atomic E-state index is 15.0. The molecule has 0 saturated carbocycles. The van der Waals surface area contributed by atoms with Crippen LogP contribution >= 0.6 is 11.3 Å². The second kappa shape index (κ2) is 13.7. The van der Waals surface area contributed by atoms with Crippen molar-refractivity contribution < 1.29 is 23.0 Å². The molecule has 2 N–H and O–H groups in total. The largest absolute Gasteiger partial charge is 0.461 e. The second-order valence-electron chi connectivity index (χ2n) is 13.4. The number of nitrogens with zero attached hydrogens (tertiary/aromatic N) is 7. The van der Waals surface area contributed by atoms with E-state index in [-0.39, 0.29) is 58.0 Å². The molecule has 3 aliphatic heterocycles. The zero-order valence-corrected chi connectivity index (χ0v) is 29.3. The summed E-state index contributed by atoms with van der Waals surface area (Å²) < 4.78 is 41.9. The summed E-state index contributed by atoms with van der Waals surface area (Å²) in [6.07, 6.45) is 3.15. The van der Waals surface area contributed by atoms with Crippen molar-refractivity contribution in [3.05, 3.63) is 53.9 Å². The Balaban J connectivity index is 1.40. The van der Waals surface area contributed by atoms with E-state index in [4.69, 9.17) is 25.2 Å². The van der Waals surface area contributed by atoms with Crippen molar-refractivity contribution in [1.82, 2.24) is 19.8 Å². The number of amides is 1. The number of carbonyl (C=O) groups excluding carboxylic acids is 1. The first-order valence-electron chi connectivity index (χ1n) is 17.0. The highest BCUT2D eigenvalue weighted by Gasteiger charge is 2.49. The molecule has 3 aliphatic rings. The summed E-state index contributed by atoms with van der Waals surface area (Å²) >= 11 is 0.985. The number of aromatic nitrogens is 2. The molecule has 2 aromatic heterocycles. The molecule has 4 aromatic rings. The number of hydrogen-bond acceptors (Lipinski definition) is 11. The minimum absolute atomic E-state index is 0.0946. The van der Waals surface area contributed by atoms with Gasteiger partial charge >= 0.3 is 6.01 Å². The number of halogens is 2. The Kier molecular flexibility index (Phi) is 9.27. The number of thiophene rings is 1. The van der Waals surface area contributed by atoms with E-state index in [1.807, 2.05) is 6.92 Å². The minimum Gasteiger partial charge on any atom is -0.461 e. The van der Waals surface area contributed by atoms with Crippen LogP contribution in [0.25, 0.3) is 32.1 Å². The van der Waals surface area contributed by atoms with Gasteiger partial charge in [0.2, 0.25) is 5.91 Å². The first-order valence-corrected chi connectivity index (χ1v) is 17.9. The quantitative estimate of drug-likeness (QED) is 0.208. The third kappa shape index (κ3) is 5.81. The number of nitriles is 2. The van der Waals surface area contributed by atoms with Crippen molar-refractivity contribution in [2.75, 3.05) is 57.1 Å². The maximum absolute atomic E-state index is 15.0. The molecule has 5 heterocycles. The molecule has 14 heteroatoms. The van der Waals surface area contributed by atoms with E-state index in [1.54, 1.807) is 30.2 Å². The maximum Gasteiger partial charge on any atom is 0.319 e. The highest BCUT2D eigenvalue weighted by Crippen LogP contribution is 2.44. The fourth-order valence-electron chi connectivity index (χ4n) is 8.41. The Hall–Kier alpha value is -4.89. The molecule has 0 spiro atoms. The van der Waals surface area contributed by atoms with E-state index in [0.29, 0.717) is 65.7 Å². The van der Waals surface area contributed by atoms with Crippen LogP contribution in [0.2, 0.25) is 0 Å². The Morgan fingerprint density at radius 3 is 2.80 bits per heavy atom. The number of methoxy groups -OCH3 is 1. The van der Waals surface area contributed by atoms with Gasteiger partial charge in [-0.2, -0.15) is 20.5 Å². The zero-order chi connectivity index (χ0) is 36.0. The number of likely N-dealkylation sites (N-methyl/N-ethyl adjacent to an activating group) is 1. The van der Waals surface area contributed by atoms with Crippen LogP contribution in [0.4, 0.5) is 19.6 Å². The topological polar surface area (TPSA) is 145 Å². The fraction of sp³-hybridized carbons (Fsp3) is 0.432. The average Bonchev–Trinajstić information content (AvgIpc) is 3.88. The van der Waals surface area contributed by atoms with Gasteiger partial charge in [0.05, 0.1) is 51.6 Å². The van der Waals surface area contributed by atoms with Gasteiger partial charge in [0.15, 0.2) is 0 Å². The zero-order valence-electron chi connectivity index (χ0n) is 28.5. The normalized spacial score (nSPS) is 23.0. The average molecular weight is 713 g/mol. The number of benzene rings is 2. The van der Waals surface area contributed by atoms with Gasteiger partial charge in [0.1, 0.15) is 35.5 Å². The van der Waals surface area contributed by atoms with Crippen molar-refractivity contribution in [1.29, 1.82) is 10.5 Å². The smallest absolute Gasteiger partial charge is 0.319 e. The summed E-state index contributed by atoms with van der Waals surface area (Å²) in [6.45, 7) is 8.35. The fourth-order valence-corrected chi connectivity index (χ4v) is 9.36. The number of rotatable bonds is 10. The molecule has 0 unspecified atom stereocenters. The third-order valence-corrected chi connectivity index (χ3v) is 11.7. The number of ether oxygens (including phenoxy) is 2. The molecule has 0 bridgehead atoms. The van der Waals surface area contributed by atoms with Gasteiger partial charge in [-0.3, -0.25) is 9.69 Å². The first kappa shape index (κ1) is 34.6. The lowest BCUT2D eigenvalue weighted by atomic mass is 9.94. The molecule has 51 heavy (non-hydrogen) atoms. The van der Waals surface area contributed by atoms with Crippen LogP contribution in [0.5, 0.6) is 6.01 Å². The van der Waals surface area contributed by atoms with Crippen molar-refractivity contribution in [2.45, 2.75) is 56.4 Å². The molecule has 3 fully saturated rings. The first-order chi connectivity index (χ1) is 24.7. The summed E-state index contributed by atoms with van der Waals surface area (Å²) in [4.78, 5) is 28.7. The Morgan fingerprint density at radius 2 is 2.08 bits per heavy atom. The minimum atomic E-state index is -0.928. The van der Waals surface area contributed by atoms with E-state index < -0.39 is 17.5 Å². The van der Waals surface area contributed by atoms with E-state index in [1.165, 1.54) is 12.1 Å². The number of alkyl halides is 1. The molecule has 1 amide bonds. The van der Waals surface area contributed by atoms with E-state index >= 15 is 4.39 Å². The number of anilines is 2. The highest BCUT2D eigenvalue weighted by atomic mass is 32.1. The number of nitrogen functional groups attached to an aromatic ring is 1. The SMILES string of the molecule is C=CC(=O)N1CC[C@@H](N(CC)c2nc(OC[C@@]34CCCN3C[C@H](F)C4)nc3cc(-c4ccc(F)c5sc(N)c(C#N)c45)c(C#N)cc23)[C@H]1COC. The molecule has 4 atom stereocenters. The summed E-state index contributed by atoms with van der Waals surface area (Å²) in [6, 6.07) is 10.3. The van der Waals surface area contributed by atoms with E-state index in [2.05, 4.69) is 28.5 Å². The Morgan fingerprint density at radius 1 is 1.25 bits per heavy atom. The monoisotopic (exact) mass is 712 g/mol. The van der Waals surface area contributed by atoms with E-state index in [9.17, 15) is 19.7 Å². The number of nitrogens with two attached hydrogens (primary N) is 1. The molecule has 0 radical (unpaired) electrons. The molecular weight excluding hydrogens is 675 g/mol. The second-order valence-corrected chi connectivity index (χ2v) is 14.4. The van der Waals surface area contributed by atoms with Gasteiger partial charge in [-0.05, 0) is 62.6 Å². The van der Waals surface area contributed by atoms with Crippen LogP contribution in [-0.2, 0) is 9.53 Å². The molecule has 7 rings (SSSR count). The predicted molar refractivity (Wildman–Crippen MR) is 192 cm³/mol. The van der Waals surface area contributed by atoms with Crippen molar-refractivity contribution in [3.63, 3.8) is 0 Å². The lowest BCUT2D eigenvalue weighted by Crippen LogP contribution is -2.49. The molecule has 264 valence electrons. The molecule has 0 aliphatic carbocycles. The molecule has 2 aromatic carbocycles. The van der Waals surface area contributed by atoms with Crippen molar-refractivity contribution in [3.8, 4) is 29.3 Å². The number of fused-ring (bicyclic) bond motifs is 3. The number of likely N-dealkylation sites (tertiary alicyclic amines) is 1. The number of hydrogen-bond donors (Lipinski definition) is 1. The molecule has 3 saturated heterocycles. The summed E-state index contributed by atoms with van der Waals surface area (Å²) in [5.74, 6) is -0.195. The standard InChI is InChI=1S/C37H38F2N8O3S/c1-4-31(48)47-12-9-29(30(47)19-49-3)46(5-2)35-25-13-21(16-40)24(23-7-8-27(39)33-32(23)26(17-41)34(42)51-33)14-28(25)43-36(44-35)50-20-37-10-6-11-45(37)18-22(38)15-37/h4,7-8,13-14,22,29-30H,1,5-6,9-12,15,18-20,42H2,2-3H3/t22-,29-,30-,37+/m1/s1. The van der Waals surface area contributed by atoms with Crippen LogP contribution in [0, 0.1) is 28.5 Å². The van der Waals surface area contributed by atoms with Crippen LogP contribution in [-0.4, -0.2) is 96.0 Å². The molecule has 11 nitrogen and oxygen atoms in total. The van der Waals surface area contributed by atoms with Gasteiger partial charge in [-0.25, -0.2) is 8.78 Å². The van der Waals surface area contributed by atoms with Crippen LogP contribution < -0.4 is 15.4 Å². The van der Waals surface area contributed by atoms with Gasteiger partial charge < -0.3 is 25.0 Å². The Labute approximate surface area is 298 Å². The van der Waals surface area contributed by atoms with Gasteiger partial charge in [-0.1, -0.05) is 12.6 Å². The van der Waals surface area contributed by atoms with Crippen LogP contribution in [0.1, 0.15) is 43.7 Å². The lowest BCUT2D eigenvalue weighted by molar-refractivity contribution is -0.127. The third-order valence-electron chi connectivity index (χ3n) is 10.7. The van der Waals surface area contributed by atoms with Crippen LogP contribution in [0.3, 0.4) is 0 Å².